The molecular formula is C19H19N7O3. The first kappa shape index (κ1) is 17.5. The number of ether oxygens (including phenoxy) is 1. The molecule has 0 spiro atoms. The summed E-state index contributed by atoms with van der Waals surface area (Å²) in [4.78, 5) is 36.6. The number of aromatic nitrogens is 5. The number of carbonyl (C=O) groups is 2. The second-order valence-electron chi connectivity index (χ2n) is 7.23. The normalized spacial score (nSPS) is 16.3. The molecule has 29 heavy (non-hydrogen) atoms. The monoisotopic (exact) mass is 393 g/mol. The van der Waals surface area contributed by atoms with Gasteiger partial charge in [0.2, 0.25) is 0 Å². The summed E-state index contributed by atoms with van der Waals surface area (Å²) < 4.78 is 6.88. The van der Waals surface area contributed by atoms with Crippen LogP contribution in [-0.2, 0) is 27.3 Å². The molecule has 3 aromatic rings. The van der Waals surface area contributed by atoms with Crippen LogP contribution in [0.4, 0.5) is 11.6 Å². The molecule has 2 aliphatic rings. The van der Waals surface area contributed by atoms with E-state index in [0.29, 0.717) is 36.8 Å². The molecule has 1 aliphatic heterocycles. The molecule has 10 nitrogen and oxygen atoms in total. The van der Waals surface area contributed by atoms with E-state index in [0.717, 1.165) is 41.5 Å². The summed E-state index contributed by atoms with van der Waals surface area (Å²) >= 11 is 0. The molecule has 0 radical (unpaired) electrons. The fraction of sp³-hybridized carbons (Fsp3) is 0.368. The van der Waals surface area contributed by atoms with Gasteiger partial charge in [0.15, 0.2) is 11.4 Å². The quantitative estimate of drug-likeness (QED) is 0.604. The van der Waals surface area contributed by atoms with Crippen LogP contribution in [0.2, 0.25) is 0 Å². The predicted octanol–water partition coefficient (Wildman–Crippen LogP) is 1.52. The number of carbonyl (C=O) groups excluding carboxylic acids is 2. The smallest absolute Gasteiger partial charge is 0.294 e. The van der Waals surface area contributed by atoms with Gasteiger partial charge in [-0.2, -0.15) is 5.10 Å². The van der Waals surface area contributed by atoms with E-state index >= 15 is 0 Å². The zero-order chi connectivity index (χ0) is 20.0. The van der Waals surface area contributed by atoms with E-state index in [1.807, 2.05) is 4.68 Å². The molecule has 0 atom stereocenters. The minimum absolute atomic E-state index is 0.312. The summed E-state index contributed by atoms with van der Waals surface area (Å²) in [6.07, 6.45) is 6.36. The molecule has 0 saturated heterocycles. The Labute approximate surface area is 165 Å². The lowest BCUT2D eigenvalue weighted by Crippen LogP contribution is -2.32. The number of anilines is 2. The van der Waals surface area contributed by atoms with Gasteiger partial charge in [0, 0.05) is 61.6 Å². The zero-order valence-corrected chi connectivity index (χ0v) is 15.8. The molecule has 1 saturated carbocycles. The zero-order valence-electron chi connectivity index (χ0n) is 15.8. The average molecular weight is 393 g/mol. The van der Waals surface area contributed by atoms with Crippen LogP contribution >= 0.6 is 0 Å². The highest BCUT2D eigenvalue weighted by atomic mass is 16.6. The van der Waals surface area contributed by atoms with Crippen LogP contribution in [0, 0.1) is 0 Å². The van der Waals surface area contributed by atoms with Gasteiger partial charge in [0.1, 0.15) is 17.5 Å². The second kappa shape index (κ2) is 6.50. The van der Waals surface area contributed by atoms with Crippen molar-refractivity contribution in [1.29, 1.82) is 0 Å². The van der Waals surface area contributed by atoms with Crippen LogP contribution in [0.1, 0.15) is 25.1 Å². The third-order valence-electron chi connectivity index (χ3n) is 5.40. The SMILES string of the molecule is CNc1ncc(-c2nc3n(n2)CCC3)c2cc(NC(=O)C3(OC=O)CC3)ncc12. The van der Waals surface area contributed by atoms with Crippen molar-refractivity contribution in [2.45, 2.75) is 37.8 Å². The Hall–Kier alpha value is -3.56. The summed E-state index contributed by atoms with van der Waals surface area (Å²) in [5.41, 5.74) is -0.300. The summed E-state index contributed by atoms with van der Waals surface area (Å²) in [7, 11) is 1.79. The van der Waals surface area contributed by atoms with Crippen molar-refractivity contribution in [2.24, 2.45) is 0 Å². The molecule has 0 unspecified atom stereocenters. The first-order valence-electron chi connectivity index (χ1n) is 9.47. The van der Waals surface area contributed by atoms with Crippen LogP contribution < -0.4 is 10.6 Å². The van der Waals surface area contributed by atoms with Crippen molar-refractivity contribution in [3.05, 3.63) is 24.3 Å². The number of rotatable bonds is 6. The van der Waals surface area contributed by atoms with Gasteiger partial charge >= 0.3 is 0 Å². The van der Waals surface area contributed by atoms with Gasteiger partial charge in [-0.3, -0.25) is 9.59 Å². The number of hydrogen-bond donors (Lipinski definition) is 2. The van der Waals surface area contributed by atoms with Gasteiger partial charge in [0.25, 0.3) is 12.4 Å². The largest absolute Gasteiger partial charge is 0.451 e. The lowest BCUT2D eigenvalue weighted by Gasteiger charge is -2.14. The fourth-order valence-corrected chi connectivity index (χ4v) is 3.65. The third kappa shape index (κ3) is 2.87. The topological polar surface area (TPSA) is 124 Å². The molecule has 148 valence electrons. The Balaban J connectivity index is 1.56. The van der Waals surface area contributed by atoms with Gasteiger partial charge in [0.05, 0.1) is 0 Å². The molecule has 10 heteroatoms. The van der Waals surface area contributed by atoms with E-state index in [9.17, 15) is 9.59 Å². The number of hydrogen-bond acceptors (Lipinski definition) is 8. The maximum Gasteiger partial charge on any atom is 0.294 e. The van der Waals surface area contributed by atoms with Crippen molar-refractivity contribution in [1.82, 2.24) is 24.7 Å². The van der Waals surface area contributed by atoms with Crippen molar-refractivity contribution in [2.75, 3.05) is 17.7 Å². The van der Waals surface area contributed by atoms with E-state index in [1.165, 1.54) is 0 Å². The molecule has 1 fully saturated rings. The maximum atomic E-state index is 12.5. The number of aryl methyl sites for hydroxylation is 2. The van der Waals surface area contributed by atoms with Crippen LogP contribution in [-0.4, -0.2) is 49.8 Å². The highest BCUT2D eigenvalue weighted by Gasteiger charge is 2.53. The first-order valence-corrected chi connectivity index (χ1v) is 9.47. The third-order valence-corrected chi connectivity index (χ3v) is 5.40. The molecule has 3 aromatic heterocycles. The van der Waals surface area contributed by atoms with Crippen LogP contribution in [0.3, 0.4) is 0 Å². The molecule has 5 rings (SSSR count). The Bertz CT molecular complexity index is 1110. The van der Waals surface area contributed by atoms with Crippen LogP contribution in [0.15, 0.2) is 18.5 Å². The minimum atomic E-state index is -1.07. The van der Waals surface area contributed by atoms with E-state index in [1.54, 1.807) is 25.5 Å². The lowest BCUT2D eigenvalue weighted by atomic mass is 10.1. The summed E-state index contributed by atoms with van der Waals surface area (Å²) in [5, 5.41) is 12.0. The number of nitrogens with one attached hydrogen (secondary N) is 2. The standard InChI is InChI=1S/C19H19N7O3/c1-20-16-12-8-21-14(23-18(28)19(4-5-19)29-10-27)7-11(12)13(9-22-16)17-24-15-3-2-6-26(15)25-17/h7-10H,2-6H2,1H3,(H,20,22)(H,21,23,28). The van der Waals surface area contributed by atoms with Gasteiger partial charge in [-0.15, -0.1) is 0 Å². The average Bonchev–Trinajstić information content (AvgIpc) is 3.20. The molecule has 1 aliphatic carbocycles. The Morgan fingerprint density at radius 3 is 2.86 bits per heavy atom. The Morgan fingerprint density at radius 2 is 2.14 bits per heavy atom. The van der Waals surface area contributed by atoms with Crippen molar-refractivity contribution >= 4 is 34.8 Å². The summed E-state index contributed by atoms with van der Waals surface area (Å²) in [6, 6.07) is 1.77. The predicted molar refractivity (Wildman–Crippen MR) is 104 cm³/mol. The molecule has 0 bridgehead atoms. The van der Waals surface area contributed by atoms with Crippen LogP contribution in [0.5, 0.6) is 0 Å². The van der Waals surface area contributed by atoms with Crippen molar-refractivity contribution in [3.8, 4) is 11.4 Å². The highest BCUT2D eigenvalue weighted by molar-refractivity contribution is 6.04. The summed E-state index contributed by atoms with van der Waals surface area (Å²) in [5.74, 6) is 2.23. The van der Waals surface area contributed by atoms with E-state index in [-0.39, 0.29) is 5.91 Å². The van der Waals surface area contributed by atoms with E-state index in [2.05, 4.69) is 30.7 Å². The number of nitrogens with zero attached hydrogens (tertiary/aromatic N) is 5. The fourth-order valence-electron chi connectivity index (χ4n) is 3.65. The lowest BCUT2D eigenvalue weighted by molar-refractivity contribution is -0.144. The Morgan fingerprint density at radius 1 is 1.28 bits per heavy atom. The second-order valence-corrected chi connectivity index (χ2v) is 7.23. The van der Waals surface area contributed by atoms with Gasteiger partial charge in [-0.05, 0) is 12.5 Å². The molecule has 4 heterocycles. The number of pyridine rings is 2. The van der Waals surface area contributed by atoms with Gasteiger partial charge in [-0.25, -0.2) is 19.6 Å². The highest BCUT2D eigenvalue weighted by Crippen LogP contribution is 2.40. The van der Waals surface area contributed by atoms with Crippen molar-refractivity contribution in [3.63, 3.8) is 0 Å². The van der Waals surface area contributed by atoms with Gasteiger partial charge < -0.3 is 15.4 Å². The molecule has 0 aromatic carbocycles. The van der Waals surface area contributed by atoms with E-state index in [4.69, 9.17) is 4.74 Å². The first-order chi connectivity index (χ1) is 14.1. The number of fused-ring (bicyclic) bond motifs is 2. The van der Waals surface area contributed by atoms with Crippen LogP contribution in [0.25, 0.3) is 22.2 Å². The Kier molecular flexibility index (Phi) is 3.93. The van der Waals surface area contributed by atoms with Crippen molar-refractivity contribution < 1.29 is 14.3 Å². The minimum Gasteiger partial charge on any atom is -0.451 e. The summed E-state index contributed by atoms with van der Waals surface area (Å²) in [6.45, 7) is 1.18. The molecule has 1 amide bonds. The van der Waals surface area contributed by atoms with Gasteiger partial charge in [-0.1, -0.05) is 0 Å². The number of amides is 1. The maximum absolute atomic E-state index is 12.5. The molecular weight excluding hydrogens is 374 g/mol. The molecule has 2 N–H and O–H groups in total. The van der Waals surface area contributed by atoms with E-state index < -0.39 is 5.60 Å².